The number of rotatable bonds is 13. The number of carbonyl (C=O) groups is 1. The fourth-order valence-electron chi connectivity index (χ4n) is 3.23. The maximum Gasteiger partial charge on any atom is 0.257 e. The molecule has 1 atom stereocenters. The van der Waals surface area contributed by atoms with E-state index in [0.717, 1.165) is 11.1 Å². The average Bonchev–Trinajstić information content (AvgIpc) is 2.81. The molecule has 1 unspecified atom stereocenters. The van der Waals surface area contributed by atoms with E-state index in [9.17, 15) is 4.79 Å². The van der Waals surface area contributed by atoms with E-state index in [2.05, 4.69) is 24.4 Å². The zero-order valence-electron chi connectivity index (χ0n) is 17.9. The third-order valence-electron chi connectivity index (χ3n) is 4.72. The van der Waals surface area contributed by atoms with E-state index in [1.54, 1.807) is 19.3 Å². The van der Waals surface area contributed by atoms with Gasteiger partial charge in [-0.1, -0.05) is 54.5 Å². The van der Waals surface area contributed by atoms with Crippen molar-refractivity contribution in [2.75, 3.05) is 26.9 Å². The van der Waals surface area contributed by atoms with E-state index in [0.29, 0.717) is 30.9 Å². The Morgan fingerprint density at radius 2 is 1.94 bits per heavy atom. The largest absolute Gasteiger partial charge is 0.493 e. The molecule has 0 aromatic heterocycles. The minimum atomic E-state index is -1.16. The Hall–Kier alpha value is -3.49. The lowest BCUT2D eigenvalue weighted by molar-refractivity contribution is -0.147. The first-order valence-electron chi connectivity index (χ1n) is 10.0. The lowest BCUT2D eigenvalue weighted by Crippen LogP contribution is -2.47. The number of benzene rings is 2. The van der Waals surface area contributed by atoms with Crippen molar-refractivity contribution in [1.82, 2.24) is 5.32 Å². The average molecular weight is 420 g/mol. The molecular weight excluding hydrogens is 390 g/mol. The molecule has 1 N–H and O–H groups in total. The lowest BCUT2D eigenvalue weighted by atomic mass is 9.88. The van der Waals surface area contributed by atoms with Crippen LogP contribution in [0.2, 0.25) is 0 Å². The van der Waals surface area contributed by atoms with Crippen molar-refractivity contribution in [2.45, 2.75) is 18.4 Å². The molecule has 5 heteroatoms. The Balaban J connectivity index is 2.13. The van der Waals surface area contributed by atoms with Crippen molar-refractivity contribution >= 4 is 5.91 Å². The fourth-order valence-corrected chi connectivity index (χ4v) is 3.23. The second-order valence-electron chi connectivity index (χ2n) is 6.77. The molecule has 162 valence electrons. The summed E-state index contributed by atoms with van der Waals surface area (Å²) in [4.78, 5) is 13.3. The van der Waals surface area contributed by atoms with Crippen LogP contribution in [0.1, 0.15) is 17.5 Å². The highest BCUT2D eigenvalue weighted by Gasteiger charge is 2.39. The molecule has 0 fully saturated rings. The van der Waals surface area contributed by atoms with Crippen LogP contribution < -0.4 is 14.8 Å². The number of hydrogen-bond donors (Lipinski definition) is 1. The van der Waals surface area contributed by atoms with Gasteiger partial charge in [-0.2, -0.15) is 0 Å². The molecule has 0 saturated heterocycles. The Bertz CT molecular complexity index is 917. The van der Waals surface area contributed by atoms with Crippen LogP contribution >= 0.6 is 0 Å². The van der Waals surface area contributed by atoms with Crippen LogP contribution in [0.15, 0.2) is 73.8 Å². The lowest BCUT2D eigenvalue weighted by Gasteiger charge is -2.32. The Labute approximate surface area is 184 Å². The van der Waals surface area contributed by atoms with Crippen molar-refractivity contribution in [3.63, 3.8) is 0 Å². The molecule has 2 rings (SSSR count). The first kappa shape index (κ1) is 23.8. The zero-order valence-corrected chi connectivity index (χ0v) is 17.9. The molecule has 0 aliphatic carbocycles. The van der Waals surface area contributed by atoms with Crippen LogP contribution in [0.3, 0.4) is 0 Å². The Morgan fingerprint density at radius 1 is 1.16 bits per heavy atom. The smallest absolute Gasteiger partial charge is 0.257 e. The number of carbonyl (C=O) groups excluding carboxylic acids is 1. The topological polar surface area (TPSA) is 56.8 Å². The Morgan fingerprint density at radius 3 is 2.58 bits per heavy atom. The van der Waals surface area contributed by atoms with E-state index < -0.39 is 5.60 Å². The molecule has 0 radical (unpaired) electrons. The van der Waals surface area contributed by atoms with Gasteiger partial charge < -0.3 is 19.5 Å². The summed E-state index contributed by atoms with van der Waals surface area (Å²) >= 11 is 0. The predicted molar refractivity (Wildman–Crippen MR) is 123 cm³/mol. The van der Waals surface area contributed by atoms with E-state index in [-0.39, 0.29) is 19.1 Å². The van der Waals surface area contributed by atoms with Crippen LogP contribution in [0.5, 0.6) is 11.5 Å². The molecule has 0 aliphatic heterocycles. The summed E-state index contributed by atoms with van der Waals surface area (Å²) in [6.45, 7) is 8.36. The van der Waals surface area contributed by atoms with E-state index in [1.165, 1.54) is 0 Å². The molecule has 0 aliphatic rings. The van der Waals surface area contributed by atoms with Gasteiger partial charge in [0.05, 0.1) is 13.7 Å². The van der Waals surface area contributed by atoms with Gasteiger partial charge in [0.25, 0.3) is 5.91 Å². The number of hydrogen-bond acceptors (Lipinski definition) is 4. The normalized spacial score (nSPS) is 12.1. The van der Waals surface area contributed by atoms with Gasteiger partial charge in [-0.3, -0.25) is 4.79 Å². The van der Waals surface area contributed by atoms with Crippen molar-refractivity contribution in [3.8, 4) is 23.8 Å². The highest BCUT2D eigenvalue weighted by molar-refractivity contribution is 5.87. The van der Waals surface area contributed by atoms with Gasteiger partial charge in [0, 0.05) is 13.0 Å². The number of amides is 1. The SMILES string of the molecule is C#CCOc1ccc(CCNC(=O)C(CC=C)(OCC=C)c2ccccc2)cc1OC. The van der Waals surface area contributed by atoms with Crippen molar-refractivity contribution in [1.29, 1.82) is 0 Å². The minimum Gasteiger partial charge on any atom is -0.493 e. The predicted octanol–water partition coefficient (Wildman–Crippen LogP) is 4.04. The summed E-state index contributed by atoms with van der Waals surface area (Å²) in [7, 11) is 1.57. The molecule has 2 aromatic carbocycles. The van der Waals surface area contributed by atoms with Gasteiger partial charge in [0.2, 0.25) is 0 Å². The summed E-state index contributed by atoms with van der Waals surface area (Å²) in [5.74, 6) is 3.39. The van der Waals surface area contributed by atoms with Crippen LogP contribution in [0.25, 0.3) is 0 Å². The maximum absolute atomic E-state index is 13.3. The van der Waals surface area contributed by atoms with Crippen molar-refractivity contribution < 1.29 is 19.0 Å². The van der Waals surface area contributed by atoms with Crippen LogP contribution in [0, 0.1) is 12.3 Å². The van der Waals surface area contributed by atoms with Crippen LogP contribution in [0.4, 0.5) is 0 Å². The quantitative estimate of drug-likeness (QED) is 0.393. The fraction of sp³-hybridized carbons (Fsp3) is 0.269. The van der Waals surface area contributed by atoms with Crippen molar-refractivity contribution in [3.05, 3.63) is 85.0 Å². The maximum atomic E-state index is 13.3. The Kier molecular flexibility index (Phi) is 9.41. The van der Waals surface area contributed by atoms with E-state index in [4.69, 9.17) is 20.6 Å². The van der Waals surface area contributed by atoms with Crippen molar-refractivity contribution in [2.24, 2.45) is 0 Å². The van der Waals surface area contributed by atoms with Gasteiger partial charge in [-0.15, -0.1) is 19.6 Å². The molecule has 0 heterocycles. The summed E-state index contributed by atoms with van der Waals surface area (Å²) in [6.07, 6.45) is 9.51. The summed E-state index contributed by atoms with van der Waals surface area (Å²) in [6, 6.07) is 15.0. The second-order valence-corrected chi connectivity index (χ2v) is 6.77. The van der Waals surface area contributed by atoms with Crippen LogP contribution in [-0.2, 0) is 21.6 Å². The third kappa shape index (κ3) is 6.24. The molecule has 5 nitrogen and oxygen atoms in total. The molecule has 0 bridgehead atoms. The summed E-state index contributed by atoms with van der Waals surface area (Å²) in [5.41, 5.74) is 0.596. The molecule has 0 spiro atoms. The number of methoxy groups -OCH3 is 1. The number of terminal acetylenes is 1. The number of nitrogens with one attached hydrogen (secondary N) is 1. The van der Waals surface area contributed by atoms with Gasteiger partial charge >= 0.3 is 0 Å². The standard InChI is InChI=1S/C26H29NO4/c1-5-16-26(31-19-7-3,22-11-9-8-10-12-22)25(28)27-17-15-21-13-14-23(30-18-6-2)24(20-21)29-4/h2,5,7-14,20H,1,3,15-19H2,4H3,(H,27,28). The van der Waals surface area contributed by atoms with Gasteiger partial charge in [0.15, 0.2) is 17.1 Å². The highest BCUT2D eigenvalue weighted by atomic mass is 16.5. The number of ether oxygens (including phenoxy) is 3. The highest BCUT2D eigenvalue weighted by Crippen LogP contribution is 2.31. The van der Waals surface area contributed by atoms with E-state index >= 15 is 0 Å². The minimum absolute atomic E-state index is 0.168. The third-order valence-corrected chi connectivity index (χ3v) is 4.72. The first-order chi connectivity index (χ1) is 15.1. The van der Waals surface area contributed by atoms with E-state index in [1.807, 2.05) is 48.5 Å². The monoisotopic (exact) mass is 419 g/mol. The zero-order chi connectivity index (χ0) is 22.5. The molecular formula is C26H29NO4. The molecule has 2 aromatic rings. The molecule has 31 heavy (non-hydrogen) atoms. The second kappa shape index (κ2) is 12.3. The molecule has 0 saturated carbocycles. The van der Waals surface area contributed by atoms with Crippen LogP contribution in [-0.4, -0.2) is 32.8 Å². The summed E-state index contributed by atoms with van der Waals surface area (Å²) < 4.78 is 16.9. The molecule has 1 amide bonds. The van der Waals surface area contributed by atoms with Gasteiger partial charge in [-0.05, 0) is 29.7 Å². The summed E-state index contributed by atoms with van der Waals surface area (Å²) in [5, 5.41) is 3.01. The van der Waals surface area contributed by atoms with Gasteiger partial charge in [-0.25, -0.2) is 0 Å². The van der Waals surface area contributed by atoms with Gasteiger partial charge in [0.1, 0.15) is 6.61 Å². The first-order valence-corrected chi connectivity index (χ1v) is 10.0.